The summed E-state index contributed by atoms with van der Waals surface area (Å²) < 4.78 is 1.90. The average Bonchev–Trinajstić information content (AvgIpc) is 3.00. The number of aliphatic hydroxyl groups excluding tert-OH is 1. The third kappa shape index (κ3) is 2.39. The fourth-order valence-corrected chi connectivity index (χ4v) is 3.05. The van der Waals surface area contributed by atoms with Crippen molar-refractivity contribution in [2.45, 2.75) is 45.6 Å². The largest absolute Gasteiger partial charge is 0.394 e. The highest BCUT2D eigenvalue weighted by molar-refractivity contribution is 5.70. The summed E-state index contributed by atoms with van der Waals surface area (Å²) >= 11 is 0. The zero-order chi connectivity index (χ0) is 15.2. The van der Waals surface area contributed by atoms with E-state index < -0.39 is 0 Å². The Kier molecular flexibility index (Phi) is 3.40. The van der Waals surface area contributed by atoms with Gasteiger partial charge >= 0.3 is 0 Å². The first-order valence-electron chi connectivity index (χ1n) is 7.64. The molecule has 2 atom stereocenters. The van der Waals surface area contributed by atoms with Crippen molar-refractivity contribution in [3.63, 3.8) is 0 Å². The summed E-state index contributed by atoms with van der Waals surface area (Å²) in [4.78, 5) is 6.80. The van der Waals surface area contributed by atoms with Crippen molar-refractivity contribution >= 4 is 11.3 Å². The second kappa shape index (κ2) is 4.98. The molecular formula is C16H24N4O. The smallest absolute Gasteiger partial charge is 0.155 e. The van der Waals surface area contributed by atoms with Gasteiger partial charge in [-0.25, -0.2) is 9.50 Å². The molecule has 0 amide bonds. The Balaban J connectivity index is 2.09. The van der Waals surface area contributed by atoms with Gasteiger partial charge in [0.2, 0.25) is 0 Å². The molecule has 2 aromatic rings. The van der Waals surface area contributed by atoms with E-state index in [-0.39, 0.29) is 18.1 Å². The summed E-state index contributed by atoms with van der Waals surface area (Å²) in [5, 5.41) is 14.4. The minimum atomic E-state index is 0.0119. The fraction of sp³-hybridized carbons (Fsp3) is 0.625. The standard InChI is InChI=1S/C16H24N4O/c1-11-5-7-19(13(11)10-21)15-12-9-14(16(2,3)4)18-20(12)8-6-17-15/h6,8-9,11,13,21H,5,7,10H2,1-4H3. The molecule has 0 saturated carbocycles. The normalized spacial score (nSPS) is 23.2. The molecule has 0 aromatic carbocycles. The minimum absolute atomic E-state index is 0.0119. The van der Waals surface area contributed by atoms with Crippen LogP contribution in [0.1, 0.15) is 39.8 Å². The molecule has 3 heterocycles. The van der Waals surface area contributed by atoms with Crippen molar-refractivity contribution < 1.29 is 5.11 Å². The first-order valence-corrected chi connectivity index (χ1v) is 7.64. The van der Waals surface area contributed by atoms with Gasteiger partial charge in [-0.3, -0.25) is 0 Å². The van der Waals surface area contributed by atoms with Crippen LogP contribution >= 0.6 is 0 Å². The maximum atomic E-state index is 9.68. The van der Waals surface area contributed by atoms with Crippen LogP contribution in [0.2, 0.25) is 0 Å². The Hall–Kier alpha value is -1.62. The van der Waals surface area contributed by atoms with Crippen molar-refractivity contribution in [1.82, 2.24) is 14.6 Å². The molecule has 3 rings (SSSR count). The molecule has 2 unspecified atom stereocenters. The van der Waals surface area contributed by atoms with Crippen LogP contribution in [0.3, 0.4) is 0 Å². The number of aromatic nitrogens is 3. The highest BCUT2D eigenvalue weighted by Gasteiger charge is 2.33. The molecule has 0 spiro atoms. The summed E-state index contributed by atoms with van der Waals surface area (Å²) in [5.41, 5.74) is 2.09. The molecule has 114 valence electrons. The van der Waals surface area contributed by atoms with Crippen LogP contribution in [0.4, 0.5) is 5.82 Å². The number of hydrogen-bond acceptors (Lipinski definition) is 4. The van der Waals surface area contributed by atoms with Gasteiger partial charge in [0.15, 0.2) is 5.82 Å². The van der Waals surface area contributed by atoms with Crippen LogP contribution < -0.4 is 4.90 Å². The zero-order valence-electron chi connectivity index (χ0n) is 13.2. The maximum Gasteiger partial charge on any atom is 0.155 e. The van der Waals surface area contributed by atoms with E-state index in [2.05, 4.69) is 48.7 Å². The lowest BCUT2D eigenvalue weighted by Gasteiger charge is -2.26. The SMILES string of the molecule is CC1CCN(c2nccn3nc(C(C)(C)C)cc23)C1CO. The molecule has 0 bridgehead atoms. The summed E-state index contributed by atoms with van der Waals surface area (Å²) in [6, 6.07) is 2.27. The maximum absolute atomic E-state index is 9.68. The van der Waals surface area contributed by atoms with Crippen molar-refractivity contribution in [1.29, 1.82) is 0 Å². The number of fused-ring (bicyclic) bond motifs is 1. The predicted octanol–water partition coefficient (Wildman–Crippen LogP) is 2.23. The van der Waals surface area contributed by atoms with E-state index in [9.17, 15) is 5.11 Å². The van der Waals surface area contributed by atoms with Crippen molar-refractivity contribution in [3.8, 4) is 0 Å². The van der Waals surface area contributed by atoms with Gasteiger partial charge in [-0.1, -0.05) is 27.7 Å². The van der Waals surface area contributed by atoms with E-state index in [0.29, 0.717) is 5.92 Å². The molecular weight excluding hydrogens is 264 g/mol. The van der Waals surface area contributed by atoms with Crippen LogP contribution in [0.25, 0.3) is 5.52 Å². The number of aliphatic hydroxyl groups is 1. The number of rotatable bonds is 2. The van der Waals surface area contributed by atoms with E-state index in [0.717, 1.165) is 30.0 Å². The molecule has 1 aliphatic rings. The second-order valence-electron chi connectivity index (χ2n) is 7.07. The van der Waals surface area contributed by atoms with Gasteiger partial charge in [-0.2, -0.15) is 5.10 Å². The van der Waals surface area contributed by atoms with Crippen LogP contribution in [0, 0.1) is 5.92 Å². The molecule has 1 fully saturated rings. The topological polar surface area (TPSA) is 53.7 Å². The Labute approximate surface area is 125 Å². The molecule has 1 saturated heterocycles. The predicted molar refractivity (Wildman–Crippen MR) is 83.7 cm³/mol. The second-order valence-corrected chi connectivity index (χ2v) is 7.07. The number of anilines is 1. The van der Waals surface area contributed by atoms with Crippen LogP contribution in [0.5, 0.6) is 0 Å². The van der Waals surface area contributed by atoms with E-state index >= 15 is 0 Å². The monoisotopic (exact) mass is 288 g/mol. The highest BCUT2D eigenvalue weighted by Crippen LogP contribution is 2.32. The Bertz CT molecular complexity index is 643. The van der Waals surface area contributed by atoms with Crippen LogP contribution in [-0.2, 0) is 5.41 Å². The molecule has 21 heavy (non-hydrogen) atoms. The first kappa shape index (κ1) is 14.3. The van der Waals surface area contributed by atoms with E-state index in [4.69, 9.17) is 0 Å². The van der Waals surface area contributed by atoms with Crippen LogP contribution in [-0.4, -0.2) is 38.9 Å². The lowest BCUT2D eigenvalue weighted by atomic mass is 9.92. The summed E-state index contributed by atoms with van der Waals surface area (Å²) in [6.07, 6.45) is 4.77. The minimum Gasteiger partial charge on any atom is -0.394 e. The third-order valence-electron chi connectivity index (χ3n) is 4.48. The van der Waals surface area contributed by atoms with E-state index in [1.807, 2.05) is 10.7 Å². The van der Waals surface area contributed by atoms with Gasteiger partial charge in [-0.05, 0) is 18.4 Å². The highest BCUT2D eigenvalue weighted by atomic mass is 16.3. The third-order valence-corrected chi connectivity index (χ3v) is 4.48. The molecule has 5 nitrogen and oxygen atoms in total. The summed E-state index contributed by atoms with van der Waals surface area (Å²) in [6.45, 7) is 9.79. The molecule has 0 aliphatic carbocycles. The number of nitrogens with zero attached hydrogens (tertiary/aromatic N) is 4. The Morgan fingerprint density at radius 3 is 2.81 bits per heavy atom. The van der Waals surface area contributed by atoms with Gasteiger partial charge < -0.3 is 10.0 Å². The Morgan fingerprint density at radius 2 is 2.14 bits per heavy atom. The molecule has 1 N–H and O–H groups in total. The van der Waals surface area contributed by atoms with Gasteiger partial charge in [0.1, 0.15) is 5.52 Å². The molecule has 5 heteroatoms. The number of hydrogen-bond donors (Lipinski definition) is 1. The Morgan fingerprint density at radius 1 is 1.38 bits per heavy atom. The average molecular weight is 288 g/mol. The van der Waals surface area contributed by atoms with Gasteiger partial charge in [0.25, 0.3) is 0 Å². The van der Waals surface area contributed by atoms with E-state index in [1.165, 1.54) is 0 Å². The molecule has 2 aromatic heterocycles. The van der Waals surface area contributed by atoms with Gasteiger partial charge in [0, 0.05) is 24.4 Å². The summed E-state index contributed by atoms with van der Waals surface area (Å²) in [7, 11) is 0. The van der Waals surface area contributed by atoms with Crippen molar-refractivity contribution in [2.24, 2.45) is 5.92 Å². The van der Waals surface area contributed by atoms with Crippen LogP contribution in [0.15, 0.2) is 18.5 Å². The molecule has 0 radical (unpaired) electrons. The lowest BCUT2D eigenvalue weighted by molar-refractivity contribution is 0.244. The van der Waals surface area contributed by atoms with Gasteiger partial charge in [-0.15, -0.1) is 0 Å². The van der Waals surface area contributed by atoms with E-state index in [1.54, 1.807) is 6.20 Å². The summed E-state index contributed by atoms with van der Waals surface area (Å²) in [5.74, 6) is 1.42. The first-order chi connectivity index (χ1) is 9.91. The van der Waals surface area contributed by atoms with Crippen molar-refractivity contribution in [2.75, 3.05) is 18.1 Å². The fourth-order valence-electron chi connectivity index (χ4n) is 3.05. The van der Waals surface area contributed by atoms with Crippen molar-refractivity contribution in [3.05, 3.63) is 24.2 Å². The quantitative estimate of drug-likeness (QED) is 0.921. The molecule has 1 aliphatic heterocycles. The van der Waals surface area contributed by atoms with Gasteiger partial charge in [0.05, 0.1) is 18.3 Å². The lowest BCUT2D eigenvalue weighted by Crippen LogP contribution is -2.36. The zero-order valence-corrected chi connectivity index (χ0v) is 13.2.